The van der Waals surface area contributed by atoms with Crippen molar-refractivity contribution in [1.82, 2.24) is 14.9 Å². The quantitative estimate of drug-likeness (QED) is 0.870. The number of nitrogens with zero attached hydrogens (tertiary/aromatic N) is 3. The van der Waals surface area contributed by atoms with Crippen LogP contribution in [0.2, 0.25) is 0 Å². The smallest absolute Gasteiger partial charge is 0.316 e. The van der Waals surface area contributed by atoms with E-state index in [1.165, 1.54) is 35.7 Å². The molecule has 0 amide bonds. The Morgan fingerprint density at radius 2 is 1.91 bits per heavy atom. The Labute approximate surface area is 135 Å². The number of aryl methyl sites for hydroxylation is 1. The Kier molecular flexibility index (Phi) is 3.62. The second-order valence-electron chi connectivity index (χ2n) is 6.36. The molecule has 3 aliphatic rings. The molecule has 2 aromatic rings. The van der Waals surface area contributed by atoms with Crippen LogP contribution >= 0.6 is 11.3 Å². The van der Waals surface area contributed by atoms with Gasteiger partial charge in [0, 0.05) is 33.8 Å². The maximum Gasteiger partial charge on any atom is 0.316 e. The Balaban J connectivity index is 1.49. The van der Waals surface area contributed by atoms with Crippen LogP contribution < -0.4 is 4.74 Å². The van der Waals surface area contributed by atoms with Crippen molar-refractivity contribution in [2.45, 2.75) is 38.8 Å². The molecular formula is C17H21N3OS. The van der Waals surface area contributed by atoms with Crippen LogP contribution in [-0.2, 0) is 0 Å². The van der Waals surface area contributed by atoms with Gasteiger partial charge in [-0.1, -0.05) is 0 Å². The van der Waals surface area contributed by atoms with Crippen LogP contribution in [-0.4, -0.2) is 40.1 Å². The third-order valence-electron chi connectivity index (χ3n) is 4.98. The van der Waals surface area contributed by atoms with Gasteiger partial charge < -0.3 is 4.74 Å². The van der Waals surface area contributed by atoms with Gasteiger partial charge in [0.05, 0.1) is 0 Å². The first-order valence-corrected chi connectivity index (χ1v) is 8.82. The van der Waals surface area contributed by atoms with Gasteiger partial charge in [-0.3, -0.25) is 4.90 Å². The van der Waals surface area contributed by atoms with E-state index in [9.17, 15) is 0 Å². The van der Waals surface area contributed by atoms with E-state index in [-0.39, 0.29) is 6.10 Å². The van der Waals surface area contributed by atoms with Gasteiger partial charge in [0.15, 0.2) is 0 Å². The van der Waals surface area contributed by atoms with Crippen LogP contribution in [0.15, 0.2) is 24.5 Å². The zero-order valence-corrected chi connectivity index (χ0v) is 13.8. The van der Waals surface area contributed by atoms with E-state index in [4.69, 9.17) is 4.74 Å². The number of hydrogen-bond acceptors (Lipinski definition) is 5. The van der Waals surface area contributed by atoms with Crippen molar-refractivity contribution >= 4 is 11.3 Å². The summed E-state index contributed by atoms with van der Waals surface area (Å²) in [6, 6.07) is 5.23. The summed E-state index contributed by atoms with van der Waals surface area (Å²) in [5.41, 5.74) is 1.06. The highest BCUT2D eigenvalue weighted by Gasteiger charge is 2.41. The van der Waals surface area contributed by atoms with E-state index in [1.807, 2.05) is 12.4 Å². The number of rotatable bonds is 3. The van der Waals surface area contributed by atoms with Gasteiger partial charge in [-0.25, -0.2) is 9.97 Å². The van der Waals surface area contributed by atoms with Gasteiger partial charge in [0.2, 0.25) is 0 Å². The van der Waals surface area contributed by atoms with Crippen molar-refractivity contribution in [3.05, 3.63) is 29.4 Å². The second-order valence-corrected chi connectivity index (χ2v) is 7.65. The summed E-state index contributed by atoms with van der Waals surface area (Å²) >= 11 is 1.77. The molecule has 3 aliphatic heterocycles. The lowest BCUT2D eigenvalue weighted by atomic mass is 9.81. The van der Waals surface area contributed by atoms with E-state index in [2.05, 4.69) is 40.8 Å². The maximum atomic E-state index is 6.14. The van der Waals surface area contributed by atoms with E-state index in [0.717, 1.165) is 5.56 Å². The monoisotopic (exact) mass is 315 g/mol. The van der Waals surface area contributed by atoms with Crippen molar-refractivity contribution < 1.29 is 4.74 Å². The topological polar surface area (TPSA) is 38.2 Å². The highest BCUT2D eigenvalue weighted by atomic mass is 32.1. The van der Waals surface area contributed by atoms with E-state index >= 15 is 0 Å². The maximum absolute atomic E-state index is 6.14. The zero-order chi connectivity index (χ0) is 15.1. The molecule has 2 atom stereocenters. The van der Waals surface area contributed by atoms with Crippen LogP contribution in [0.5, 0.6) is 6.01 Å². The summed E-state index contributed by atoms with van der Waals surface area (Å²) in [5, 5.41) is 0. The predicted octanol–water partition coefficient (Wildman–Crippen LogP) is 3.38. The van der Waals surface area contributed by atoms with Crippen LogP contribution in [0.3, 0.4) is 0 Å². The van der Waals surface area contributed by atoms with Crippen molar-refractivity contribution in [2.24, 2.45) is 5.92 Å². The van der Waals surface area contributed by atoms with Crippen molar-refractivity contribution in [1.29, 1.82) is 0 Å². The van der Waals surface area contributed by atoms with Gasteiger partial charge in [-0.05, 0) is 57.8 Å². The normalized spacial score (nSPS) is 30.5. The molecule has 5 heteroatoms. The van der Waals surface area contributed by atoms with Crippen LogP contribution in [0.4, 0.5) is 0 Å². The molecule has 0 unspecified atom stereocenters. The minimum Gasteiger partial charge on any atom is -0.458 e. The van der Waals surface area contributed by atoms with Gasteiger partial charge in [-0.2, -0.15) is 0 Å². The molecule has 0 saturated carbocycles. The Hall–Kier alpha value is -1.46. The average Bonchev–Trinajstić information content (AvgIpc) is 2.98. The lowest BCUT2D eigenvalue weighted by Crippen LogP contribution is -2.58. The molecule has 0 aliphatic carbocycles. The molecule has 2 aromatic heterocycles. The summed E-state index contributed by atoms with van der Waals surface area (Å²) < 4.78 is 6.14. The number of aromatic nitrogens is 2. The van der Waals surface area contributed by atoms with Gasteiger partial charge in [-0.15, -0.1) is 11.3 Å². The third kappa shape index (κ3) is 2.52. The lowest BCUT2D eigenvalue weighted by molar-refractivity contribution is -0.0544. The molecule has 22 heavy (non-hydrogen) atoms. The summed E-state index contributed by atoms with van der Waals surface area (Å²) in [6.07, 6.45) is 6.46. The SMILES string of the molecule is Cc1ccc(-c2cnc(O[C@@H]3C4CCN(CC4)[C@H]3C)nc2)s1. The average molecular weight is 315 g/mol. The third-order valence-corrected chi connectivity index (χ3v) is 6.03. The molecule has 0 aromatic carbocycles. The fourth-order valence-corrected chi connectivity index (χ4v) is 4.51. The highest BCUT2D eigenvalue weighted by molar-refractivity contribution is 7.15. The highest BCUT2D eigenvalue weighted by Crippen LogP contribution is 2.34. The fourth-order valence-electron chi connectivity index (χ4n) is 3.67. The lowest BCUT2D eigenvalue weighted by Gasteiger charge is -2.48. The summed E-state index contributed by atoms with van der Waals surface area (Å²) in [7, 11) is 0. The molecule has 0 radical (unpaired) electrons. The van der Waals surface area contributed by atoms with Crippen LogP contribution in [0.1, 0.15) is 24.6 Å². The summed E-state index contributed by atoms with van der Waals surface area (Å²) in [6.45, 7) is 6.80. The number of hydrogen-bond donors (Lipinski definition) is 0. The first kappa shape index (κ1) is 14.2. The van der Waals surface area contributed by atoms with Crippen LogP contribution in [0.25, 0.3) is 10.4 Å². The van der Waals surface area contributed by atoms with Gasteiger partial charge in [0.25, 0.3) is 0 Å². The van der Waals surface area contributed by atoms with Crippen molar-refractivity contribution in [3.63, 3.8) is 0 Å². The van der Waals surface area contributed by atoms with Crippen LogP contribution in [0, 0.1) is 12.8 Å². The molecule has 0 spiro atoms. The van der Waals surface area contributed by atoms with Crippen molar-refractivity contribution in [3.8, 4) is 16.5 Å². The number of thiophene rings is 1. The summed E-state index contributed by atoms with van der Waals surface area (Å²) in [5.74, 6) is 0.656. The van der Waals surface area contributed by atoms with Gasteiger partial charge >= 0.3 is 6.01 Å². The second kappa shape index (κ2) is 5.63. The minimum atomic E-state index is 0.234. The Morgan fingerprint density at radius 1 is 1.18 bits per heavy atom. The van der Waals surface area contributed by atoms with E-state index in [0.29, 0.717) is 18.0 Å². The molecule has 5 heterocycles. The Morgan fingerprint density at radius 3 is 2.50 bits per heavy atom. The predicted molar refractivity (Wildman–Crippen MR) is 88.3 cm³/mol. The molecular weight excluding hydrogens is 294 g/mol. The molecule has 2 bridgehead atoms. The standard InChI is InChI=1S/C17H21N3OS/c1-11-3-4-15(22-11)14-9-18-17(19-10-14)21-16-12(2)20-7-5-13(16)6-8-20/h3-4,9-10,12-13,16H,5-8H2,1-2H3/t12-,16-/m0/s1. The first-order valence-electron chi connectivity index (χ1n) is 8.00. The Bertz CT molecular complexity index is 644. The van der Waals surface area contributed by atoms with E-state index in [1.54, 1.807) is 11.3 Å². The number of piperidine rings is 3. The van der Waals surface area contributed by atoms with Crippen molar-refractivity contribution in [2.75, 3.05) is 13.1 Å². The molecule has 3 fully saturated rings. The largest absolute Gasteiger partial charge is 0.458 e. The van der Waals surface area contributed by atoms with Gasteiger partial charge in [0.1, 0.15) is 6.10 Å². The molecule has 3 saturated heterocycles. The molecule has 5 rings (SSSR count). The molecule has 0 N–H and O–H groups in total. The number of ether oxygens (including phenoxy) is 1. The number of fused-ring (bicyclic) bond motifs is 3. The molecule has 4 nitrogen and oxygen atoms in total. The summed E-state index contributed by atoms with van der Waals surface area (Å²) in [4.78, 5) is 13.9. The van der Waals surface area contributed by atoms with E-state index < -0.39 is 0 Å². The first-order chi connectivity index (χ1) is 10.7. The zero-order valence-electron chi connectivity index (χ0n) is 13.0. The minimum absolute atomic E-state index is 0.234. The fraction of sp³-hybridized carbons (Fsp3) is 0.529. The molecule has 116 valence electrons.